The molecule has 0 unspecified atom stereocenters. The Morgan fingerprint density at radius 3 is 2.79 bits per heavy atom. The molecule has 1 aromatic carbocycles. The Morgan fingerprint density at radius 1 is 1.26 bits per heavy atom. The number of thiocarbonyl (C=S) groups is 1. The number of nitro groups is 1. The first-order valence-electron chi connectivity index (χ1n) is 9.45. The Kier molecular flexibility index (Phi) is 6.86. The van der Waals surface area contributed by atoms with E-state index in [1.807, 2.05) is 0 Å². The summed E-state index contributed by atoms with van der Waals surface area (Å²) in [5, 5.41) is 14.0. The van der Waals surface area contributed by atoms with Gasteiger partial charge in [-0.15, -0.1) is 11.3 Å². The highest BCUT2D eigenvalue weighted by atomic mass is 32.2. The first-order valence-corrected chi connectivity index (χ1v) is 11.6. The van der Waals surface area contributed by atoms with Gasteiger partial charge in [0.25, 0.3) is 17.7 Å². The van der Waals surface area contributed by atoms with Crippen LogP contribution in [0.1, 0.15) is 15.2 Å². The Morgan fingerprint density at radius 2 is 2.09 bits per heavy atom. The molecule has 34 heavy (non-hydrogen) atoms. The highest BCUT2D eigenvalue weighted by molar-refractivity contribution is 8.26. The number of hydrazine groups is 1. The van der Waals surface area contributed by atoms with Crippen LogP contribution >= 0.6 is 35.3 Å². The Labute approximate surface area is 206 Å². The largest absolute Gasteiger partial charge is 0.493 e. The number of carbonyl (C=O) groups is 2. The number of carbonyl (C=O) groups excluding carboxylic acids is 2. The molecular weight excluding hydrogens is 500 g/mol. The van der Waals surface area contributed by atoms with Crippen LogP contribution in [-0.4, -0.2) is 38.2 Å². The molecule has 0 spiro atoms. The van der Waals surface area contributed by atoms with Crippen LogP contribution < -0.4 is 14.9 Å². The van der Waals surface area contributed by atoms with Crippen molar-refractivity contribution in [2.24, 2.45) is 0 Å². The summed E-state index contributed by atoms with van der Waals surface area (Å²) < 4.78 is 11.1. The summed E-state index contributed by atoms with van der Waals surface area (Å²) in [6.45, 7) is 0. The van der Waals surface area contributed by atoms with Crippen molar-refractivity contribution in [3.8, 4) is 17.4 Å². The number of rotatable bonds is 7. The number of nitrogens with zero attached hydrogens (tertiary/aromatic N) is 3. The quantitative estimate of drug-likeness (QED) is 0.211. The summed E-state index contributed by atoms with van der Waals surface area (Å²) in [5.41, 5.74) is 2.81. The molecule has 172 valence electrons. The van der Waals surface area contributed by atoms with Gasteiger partial charge in [-0.05, 0) is 53.5 Å². The van der Waals surface area contributed by atoms with Crippen LogP contribution in [-0.2, 0) is 4.79 Å². The first-order chi connectivity index (χ1) is 16.4. The second-order valence-electron chi connectivity index (χ2n) is 6.53. The van der Waals surface area contributed by atoms with Crippen molar-refractivity contribution in [3.63, 3.8) is 0 Å². The summed E-state index contributed by atoms with van der Waals surface area (Å²) in [6, 6.07) is 10.9. The lowest BCUT2D eigenvalue weighted by Gasteiger charge is -2.14. The lowest BCUT2D eigenvalue weighted by Crippen LogP contribution is -2.44. The van der Waals surface area contributed by atoms with Crippen molar-refractivity contribution < 1.29 is 24.0 Å². The molecule has 1 aliphatic rings. The lowest BCUT2D eigenvalue weighted by atomic mass is 10.2. The number of nitrogens with one attached hydrogen (secondary N) is 1. The number of thioether (sulfide) groups is 1. The van der Waals surface area contributed by atoms with E-state index in [9.17, 15) is 19.7 Å². The van der Waals surface area contributed by atoms with Crippen LogP contribution in [0.5, 0.6) is 17.4 Å². The number of aromatic nitrogens is 1. The van der Waals surface area contributed by atoms with Crippen LogP contribution in [0, 0.1) is 10.1 Å². The molecule has 0 aliphatic carbocycles. The van der Waals surface area contributed by atoms with E-state index < -0.39 is 16.7 Å². The molecule has 0 saturated carbocycles. The predicted octanol–water partition coefficient (Wildman–Crippen LogP) is 4.40. The van der Waals surface area contributed by atoms with Gasteiger partial charge in [-0.25, -0.2) is 4.98 Å². The van der Waals surface area contributed by atoms with Gasteiger partial charge < -0.3 is 9.47 Å². The SMILES string of the molecule is COc1cc(/C=C2\SC(=S)N(NC(=O)c3cccs3)C2=O)ccc1Oc1ncccc1[N+](=O)[O-]. The molecule has 3 aromatic rings. The van der Waals surface area contributed by atoms with Gasteiger partial charge in [0.1, 0.15) is 0 Å². The maximum Gasteiger partial charge on any atom is 0.331 e. The van der Waals surface area contributed by atoms with Gasteiger partial charge in [0, 0.05) is 12.3 Å². The van der Waals surface area contributed by atoms with E-state index in [-0.39, 0.29) is 27.4 Å². The van der Waals surface area contributed by atoms with E-state index in [1.165, 1.54) is 36.8 Å². The molecule has 2 aromatic heterocycles. The second kappa shape index (κ2) is 9.99. The fourth-order valence-electron chi connectivity index (χ4n) is 2.84. The van der Waals surface area contributed by atoms with E-state index in [0.717, 1.165) is 16.8 Å². The van der Waals surface area contributed by atoms with Gasteiger partial charge in [0.05, 0.1) is 21.8 Å². The Balaban J connectivity index is 1.54. The number of hydrogen-bond acceptors (Lipinski definition) is 10. The maximum absolute atomic E-state index is 12.8. The van der Waals surface area contributed by atoms with Crippen molar-refractivity contribution in [1.29, 1.82) is 0 Å². The van der Waals surface area contributed by atoms with E-state index in [1.54, 1.807) is 41.8 Å². The fraction of sp³-hybridized carbons (Fsp3) is 0.0476. The van der Waals surface area contributed by atoms with Crippen LogP contribution in [0.4, 0.5) is 5.69 Å². The molecule has 0 radical (unpaired) electrons. The molecule has 13 heteroatoms. The molecule has 0 bridgehead atoms. The van der Waals surface area contributed by atoms with Gasteiger partial charge in [0.15, 0.2) is 15.8 Å². The number of methoxy groups -OCH3 is 1. The molecule has 1 saturated heterocycles. The molecule has 4 rings (SSSR count). The number of benzene rings is 1. The third kappa shape index (κ3) is 4.90. The molecule has 1 N–H and O–H groups in total. The molecule has 0 atom stereocenters. The minimum atomic E-state index is -0.595. The van der Waals surface area contributed by atoms with Crippen molar-refractivity contribution in [3.05, 3.63) is 79.5 Å². The van der Waals surface area contributed by atoms with Gasteiger partial charge in [-0.1, -0.05) is 23.9 Å². The minimum absolute atomic E-state index is 0.180. The third-order valence-corrected chi connectivity index (χ3v) is 6.56. The summed E-state index contributed by atoms with van der Waals surface area (Å²) in [7, 11) is 1.42. The third-order valence-electron chi connectivity index (χ3n) is 4.39. The molecule has 3 heterocycles. The fourth-order valence-corrected chi connectivity index (χ4v) is 4.64. The summed E-state index contributed by atoms with van der Waals surface area (Å²) in [5.74, 6) is -0.601. The zero-order chi connectivity index (χ0) is 24.2. The van der Waals surface area contributed by atoms with Crippen molar-refractivity contribution in [2.75, 3.05) is 7.11 Å². The van der Waals surface area contributed by atoms with Gasteiger partial charge in [0.2, 0.25) is 0 Å². The van der Waals surface area contributed by atoms with Crippen LogP contribution in [0.2, 0.25) is 0 Å². The zero-order valence-electron chi connectivity index (χ0n) is 17.3. The summed E-state index contributed by atoms with van der Waals surface area (Å²) >= 11 is 7.53. The van der Waals surface area contributed by atoms with Crippen LogP contribution in [0.25, 0.3) is 6.08 Å². The normalized spacial score (nSPS) is 14.4. The molecule has 10 nitrogen and oxygen atoms in total. The van der Waals surface area contributed by atoms with Crippen molar-refractivity contribution >= 4 is 63.2 Å². The van der Waals surface area contributed by atoms with Gasteiger partial charge in [-0.2, -0.15) is 5.01 Å². The monoisotopic (exact) mass is 514 g/mol. The zero-order valence-corrected chi connectivity index (χ0v) is 19.7. The molecule has 2 amide bonds. The number of ether oxygens (including phenoxy) is 2. The lowest BCUT2D eigenvalue weighted by molar-refractivity contribution is -0.386. The standard InChI is InChI=1S/C21H14N4O6S3/c1-30-15-10-12(6-7-14(15)31-19-13(25(28)29)4-2-8-22-19)11-17-20(27)24(21(32)34-17)23-18(26)16-5-3-9-33-16/h2-11H,1H3,(H,23,26)/b17-11-. The van der Waals surface area contributed by atoms with Gasteiger partial charge in [-0.3, -0.25) is 25.1 Å². The number of pyridine rings is 1. The highest BCUT2D eigenvalue weighted by Gasteiger charge is 2.34. The highest BCUT2D eigenvalue weighted by Crippen LogP contribution is 2.37. The average molecular weight is 515 g/mol. The average Bonchev–Trinajstić information content (AvgIpc) is 3.45. The predicted molar refractivity (Wildman–Crippen MR) is 131 cm³/mol. The van der Waals surface area contributed by atoms with Gasteiger partial charge >= 0.3 is 5.69 Å². The number of amides is 2. The second-order valence-corrected chi connectivity index (χ2v) is 9.16. The molecular formula is C21H14N4O6S3. The first kappa shape index (κ1) is 23.4. The smallest absolute Gasteiger partial charge is 0.331 e. The number of thiophene rings is 1. The number of hydrogen-bond donors (Lipinski definition) is 1. The van der Waals surface area contributed by atoms with E-state index >= 15 is 0 Å². The maximum atomic E-state index is 12.8. The molecule has 1 fully saturated rings. The van der Waals surface area contributed by atoms with Crippen molar-refractivity contribution in [2.45, 2.75) is 0 Å². The van der Waals surface area contributed by atoms with E-state index in [0.29, 0.717) is 15.3 Å². The molecule has 1 aliphatic heterocycles. The summed E-state index contributed by atoms with van der Waals surface area (Å²) in [6.07, 6.45) is 2.97. The Bertz CT molecular complexity index is 1330. The van der Waals surface area contributed by atoms with E-state index in [4.69, 9.17) is 21.7 Å². The Hall–Kier alpha value is -3.81. The minimum Gasteiger partial charge on any atom is -0.493 e. The summed E-state index contributed by atoms with van der Waals surface area (Å²) in [4.78, 5) is 40.4. The van der Waals surface area contributed by atoms with Crippen LogP contribution in [0.15, 0.2) is 58.9 Å². The topological polar surface area (TPSA) is 124 Å². The van der Waals surface area contributed by atoms with Crippen molar-refractivity contribution in [1.82, 2.24) is 15.4 Å². The van der Waals surface area contributed by atoms with E-state index in [2.05, 4.69) is 10.4 Å². The van der Waals surface area contributed by atoms with Crippen LogP contribution in [0.3, 0.4) is 0 Å².